The fraction of sp³-hybridized carbons (Fsp3) is 0.889. The van der Waals surface area contributed by atoms with E-state index >= 15 is 0 Å². The standard InChI is InChI=1S/C9H16O3/c1-12-6-7-4-2-3-5-8(7)9(10)11/h7-8H,2-6H2,1H3,(H,10,11)/t7-,8-/m0/s1. The molecule has 70 valence electrons. The highest BCUT2D eigenvalue weighted by atomic mass is 16.5. The van der Waals surface area contributed by atoms with Crippen molar-refractivity contribution in [2.75, 3.05) is 13.7 Å². The Morgan fingerprint density at radius 3 is 2.75 bits per heavy atom. The number of carbonyl (C=O) groups is 1. The van der Waals surface area contributed by atoms with Gasteiger partial charge in [0.05, 0.1) is 5.92 Å². The van der Waals surface area contributed by atoms with Crippen molar-refractivity contribution in [3.8, 4) is 0 Å². The lowest BCUT2D eigenvalue weighted by Crippen LogP contribution is -2.29. The third-order valence-electron chi connectivity index (χ3n) is 2.61. The van der Waals surface area contributed by atoms with Crippen LogP contribution in [0.25, 0.3) is 0 Å². The van der Waals surface area contributed by atoms with E-state index in [2.05, 4.69) is 0 Å². The first-order valence-corrected chi connectivity index (χ1v) is 4.47. The maximum Gasteiger partial charge on any atom is 0.306 e. The van der Waals surface area contributed by atoms with Gasteiger partial charge in [-0.1, -0.05) is 12.8 Å². The smallest absolute Gasteiger partial charge is 0.306 e. The fourth-order valence-corrected chi connectivity index (χ4v) is 1.95. The summed E-state index contributed by atoms with van der Waals surface area (Å²) in [7, 11) is 1.63. The Morgan fingerprint density at radius 2 is 2.17 bits per heavy atom. The van der Waals surface area contributed by atoms with Gasteiger partial charge in [0, 0.05) is 13.7 Å². The average molecular weight is 172 g/mol. The van der Waals surface area contributed by atoms with Gasteiger partial charge < -0.3 is 9.84 Å². The SMILES string of the molecule is COC[C@@H]1CCCC[C@@H]1C(=O)O. The zero-order chi connectivity index (χ0) is 8.97. The number of methoxy groups -OCH3 is 1. The maximum atomic E-state index is 10.8. The molecule has 0 aromatic rings. The molecular weight excluding hydrogens is 156 g/mol. The second kappa shape index (κ2) is 4.45. The molecule has 3 heteroatoms. The van der Waals surface area contributed by atoms with E-state index in [-0.39, 0.29) is 11.8 Å². The van der Waals surface area contributed by atoms with Crippen LogP contribution in [0.3, 0.4) is 0 Å². The molecular formula is C9H16O3. The van der Waals surface area contributed by atoms with Gasteiger partial charge in [0.25, 0.3) is 0 Å². The Kier molecular flexibility index (Phi) is 3.53. The maximum absolute atomic E-state index is 10.8. The molecule has 0 heterocycles. The Hall–Kier alpha value is -0.570. The molecule has 0 unspecified atom stereocenters. The normalized spacial score (nSPS) is 30.1. The molecule has 1 saturated carbocycles. The monoisotopic (exact) mass is 172 g/mol. The largest absolute Gasteiger partial charge is 0.481 e. The molecule has 0 radical (unpaired) electrons. The molecule has 0 aromatic heterocycles. The lowest BCUT2D eigenvalue weighted by atomic mass is 9.80. The summed E-state index contributed by atoms with van der Waals surface area (Å²) in [6.07, 6.45) is 4.03. The van der Waals surface area contributed by atoms with Crippen molar-refractivity contribution in [1.82, 2.24) is 0 Å². The lowest BCUT2D eigenvalue weighted by molar-refractivity contribution is -0.145. The topological polar surface area (TPSA) is 46.5 Å². The quantitative estimate of drug-likeness (QED) is 0.702. The van der Waals surface area contributed by atoms with E-state index in [1.807, 2.05) is 0 Å². The molecule has 2 atom stereocenters. The highest BCUT2D eigenvalue weighted by molar-refractivity contribution is 5.70. The lowest BCUT2D eigenvalue weighted by Gasteiger charge is -2.27. The van der Waals surface area contributed by atoms with E-state index in [4.69, 9.17) is 9.84 Å². The van der Waals surface area contributed by atoms with Crippen molar-refractivity contribution in [2.24, 2.45) is 11.8 Å². The molecule has 0 spiro atoms. The minimum absolute atomic E-state index is 0.168. The molecule has 1 aliphatic carbocycles. The Bertz CT molecular complexity index is 154. The van der Waals surface area contributed by atoms with Crippen LogP contribution in [0.1, 0.15) is 25.7 Å². The predicted molar refractivity (Wildman–Crippen MR) is 45.0 cm³/mol. The summed E-state index contributed by atoms with van der Waals surface area (Å²) in [4.78, 5) is 10.8. The number of carboxylic acids is 1. The number of ether oxygens (including phenoxy) is 1. The summed E-state index contributed by atoms with van der Waals surface area (Å²) in [5.74, 6) is -0.586. The molecule has 0 aromatic carbocycles. The minimum atomic E-state index is -0.656. The molecule has 0 amide bonds. The molecule has 1 aliphatic rings. The van der Waals surface area contributed by atoms with Gasteiger partial charge in [0.1, 0.15) is 0 Å². The van der Waals surface area contributed by atoms with E-state index < -0.39 is 5.97 Å². The Labute approximate surface area is 72.7 Å². The summed E-state index contributed by atoms with van der Waals surface area (Å²) in [5.41, 5.74) is 0. The third kappa shape index (κ3) is 2.21. The zero-order valence-corrected chi connectivity index (χ0v) is 7.45. The van der Waals surface area contributed by atoms with Gasteiger partial charge >= 0.3 is 5.97 Å². The molecule has 0 bridgehead atoms. The van der Waals surface area contributed by atoms with Gasteiger partial charge in [-0.2, -0.15) is 0 Å². The van der Waals surface area contributed by atoms with Crippen molar-refractivity contribution in [3.05, 3.63) is 0 Å². The van der Waals surface area contributed by atoms with Gasteiger partial charge in [-0.3, -0.25) is 4.79 Å². The van der Waals surface area contributed by atoms with E-state index in [9.17, 15) is 4.79 Å². The number of rotatable bonds is 3. The summed E-state index contributed by atoms with van der Waals surface area (Å²) < 4.78 is 5.00. The van der Waals surface area contributed by atoms with E-state index in [0.717, 1.165) is 25.7 Å². The number of hydrogen-bond acceptors (Lipinski definition) is 2. The molecule has 1 N–H and O–H groups in total. The van der Waals surface area contributed by atoms with Crippen molar-refractivity contribution in [2.45, 2.75) is 25.7 Å². The molecule has 0 aliphatic heterocycles. The van der Waals surface area contributed by atoms with Crippen LogP contribution < -0.4 is 0 Å². The molecule has 12 heavy (non-hydrogen) atoms. The summed E-state index contributed by atoms with van der Waals surface area (Å²) in [6.45, 7) is 0.594. The van der Waals surface area contributed by atoms with E-state index in [1.165, 1.54) is 0 Å². The van der Waals surface area contributed by atoms with Gasteiger partial charge in [0.2, 0.25) is 0 Å². The van der Waals surface area contributed by atoms with Crippen LogP contribution in [0, 0.1) is 11.8 Å². The second-order valence-corrected chi connectivity index (χ2v) is 3.44. The Morgan fingerprint density at radius 1 is 1.50 bits per heavy atom. The molecule has 1 fully saturated rings. The summed E-state index contributed by atoms with van der Waals surface area (Å²) in [5, 5.41) is 8.88. The van der Waals surface area contributed by atoms with Crippen LogP contribution in [0.5, 0.6) is 0 Å². The first-order valence-electron chi connectivity index (χ1n) is 4.47. The molecule has 0 saturated heterocycles. The van der Waals surface area contributed by atoms with Gasteiger partial charge in [-0.25, -0.2) is 0 Å². The fourth-order valence-electron chi connectivity index (χ4n) is 1.95. The van der Waals surface area contributed by atoms with Gasteiger partial charge in [0.15, 0.2) is 0 Å². The van der Waals surface area contributed by atoms with Crippen LogP contribution in [0.15, 0.2) is 0 Å². The third-order valence-corrected chi connectivity index (χ3v) is 2.61. The minimum Gasteiger partial charge on any atom is -0.481 e. The van der Waals surface area contributed by atoms with Crippen molar-refractivity contribution < 1.29 is 14.6 Å². The Balaban J connectivity index is 2.48. The summed E-state index contributed by atoms with van der Waals surface area (Å²) >= 11 is 0. The van der Waals surface area contributed by atoms with Crippen LogP contribution >= 0.6 is 0 Å². The van der Waals surface area contributed by atoms with Crippen molar-refractivity contribution in [1.29, 1.82) is 0 Å². The summed E-state index contributed by atoms with van der Waals surface area (Å²) in [6, 6.07) is 0. The first-order chi connectivity index (χ1) is 5.75. The van der Waals surface area contributed by atoms with Crippen LogP contribution in [-0.2, 0) is 9.53 Å². The zero-order valence-electron chi connectivity index (χ0n) is 7.45. The van der Waals surface area contributed by atoms with Crippen molar-refractivity contribution in [3.63, 3.8) is 0 Å². The highest BCUT2D eigenvalue weighted by Crippen LogP contribution is 2.30. The predicted octanol–water partition coefficient (Wildman–Crippen LogP) is 1.52. The van der Waals surface area contributed by atoms with Crippen LogP contribution in [0.4, 0.5) is 0 Å². The van der Waals surface area contributed by atoms with E-state index in [1.54, 1.807) is 7.11 Å². The number of aliphatic carboxylic acids is 1. The second-order valence-electron chi connectivity index (χ2n) is 3.44. The van der Waals surface area contributed by atoms with Gasteiger partial charge in [-0.15, -0.1) is 0 Å². The molecule has 3 nitrogen and oxygen atoms in total. The highest BCUT2D eigenvalue weighted by Gasteiger charge is 2.30. The average Bonchev–Trinajstić information content (AvgIpc) is 2.05. The van der Waals surface area contributed by atoms with Gasteiger partial charge in [-0.05, 0) is 18.8 Å². The van der Waals surface area contributed by atoms with Crippen LogP contribution in [0.2, 0.25) is 0 Å². The number of hydrogen-bond donors (Lipinski definition) is 1. The van der Waals surface area contributed by atoms with Crippen LogP contribution in [-0.4, -0.2) is 24.8 Å². The molecule has 1 rings (SSSR count). The number of carboxylic acid groups (broad SMARTS) is 1. The van der Waals surface area contributed by atoms with Crippen molar-refractivity contribution >= 4 is 5.97 Å². The van der Waals surface area contributed by atoms with E-state index in [0.29, 0.717) is 6.61 Å². The first kappa shape index (κ1) is 9.52.